The summed E-state index contributed by atoms with van der Waals surface area (Å²) in [6, 6.07) is 8.21. The molecule has 1 saturated heterocycles. The Kier molecular flexibility index (Phi) is 6.81. The van der Waals surface area contributed by atoms with E-state index in [1.165, 1.54) is 5.56 Å². The van der Waals surface area contributed by atoms with Crippen molar-refractivity contribution < 1.29 is 9.90 Å². The minimum absolute atomic E-state index is 0.137. The maximum absolute atomic E-state index is 12.0. The third-order valence-electron chi connectivity index (χ3n) is 5.36. The summed E-state index contributed by atoms with van der Waals surface area (Å²) in [7, 11) is 0. The number of amides is 1. The number of nitrogens with zero attached hydrogens (tertiary/aromatic N) is 1. The lowest BCUT2D eigenvalue weighted by molar-refractivity contribution is -0.125. The van der Waals surface area contributed by atoms with Crippen LogP contribution < -0.4 is 5.32 Å². The van der Waals surface area contributed by atoms with Crippen molar-refractivity contribution in [2.45, 2.75) is 52.1 Å². The van der Waals surface area contributed by atoms with Gasteiger partial charge in [-0.1, -0.05) is 43.7 Å². The van der Waals surface area contributed by atoms with Gasteiger partial charge in [-0.25, -0.2) is 0 Å². The molecule has 0 aliphatic carbocycles. The minimum Gasteiger partial charge on any atom is -0.385 e. The van der Waals surface area contributed by atoms with Crippen LogP contribution in [-0.2, 0) is 10.4 Å². The predicted octanol–water partition coefficient (Wildman–Crippen LogP) is 2.83. The Morgan fingerprint density at radius 3 is 2.33 bits per heavy atom. The molecule has 0 spiro atoms. The van der Waals surface area contributed by atoms with E-state index in [2.05, 4.69) is 43.1 Å². The molecule has 1 aliphatic rings. The number of carbonyl (C=O) groups excluding carboxylic acids is 1. The SMILES string of the molecule is CCC(CC)C(=O)NCCN1CCC(O)(c2ccc(C)cc2)CC1. The number of aryl methyl sites for hydroxylation is 1. The fourth-order valence-electron chi connectivity index (χ4n) is 3.44. The molecule has 2 N–H and O–H groups in total. The molecule has 2 rings (SSSR count). The zero-order valence-electron chi connectivity index (χ0n) is 15.3. The van der Waals surface area contributed by atoms with Crippen LogP contribution in [0.2, 0.25) is 0 Å². The standard InChI is InChI=1S/C20H32N2O2/c1-4-17(5-2)19(23)21-12-15-22-13-10-20(24,11-14-22)18-8-6-16(3)7-9-18/h6-9,17,24H,4-5,10-15H2,1-3H3,(H,21,23). The van der Waals surface area contributed by atoms with E-state index in [4.69, 9.17) is 0 Å². The fourth-order valence-corrected chi connectivity index (χ4v) is 3.44. The van der Waals surface area contributed by atoms with E-state index in [1.54, 1.807) is 0 Å². The van der Waals surface area contributed by atoms with E-state index < -0.39 is 5.60 Å². The van der Waals surface area contributed by atoms with Crippen molar-refractivity contribution in [3.63, 3.8) is 0 Å². The van der Waals surface area contributed by atoms with Crippen molar-refractivity contribution in [3.8, 4) is 0 Å². The van der Waals surface area contributed by atoms with E-state index in [0.29, 0.717) is 6.54 Å². The zero-order chi connectivity index (χ0) is 17.6. The van der Waals surface area contributed by atoms with Crippen molar-refractivity contribution in [2.24, 2.45) is 5.92 Å². The number of benzene rings is 1. The van der Waals surface area contributed by atoms with Crippen LogP contribution >= 0.6 is 0 Å². The Labute approximate surface area is 146 Å². The number of hydrogen-bond acceptors (Lipinski definition) is 3. The summed E-state index contributed by atoms with van der Waals surface area (Å²) in [5.41, 5.74) is 1.53. The van der Waals surface area contributed by atoms with Gasteiger partial charge < -0.3 is 15.3 Å². The first-order valence-electron chi connectivity index (χ1n) is 9.28. The average Bonchev–Trinajstić information content (AvgIpc) is 2.58. The molecule has 0 aromatic heterocycles. The normalized spacial score (nSPS) is 17.9. The topological polar surface area (TPSA) is 52.6 Å². The first-order chi connectivity index (χ1) is 11.5. The van der Waals surface area contributed by atoms with Gasteiger partial charge in [-0.05, 0) is 38.2 Å². The number of aliphatic hydroxyl groups is 1. The largest absolute Gasteiger partial charge is 0.385 e. The second kappa shape index (κ2) is 8.63. The van der Waals surface area contributed by atoms with Crippen molar-refractivity contribution in [3.05, 3.63) is 35.4 Å². The summed E-state index contributed by atoms with van der Waals surface area (Å²) in [5, 5.41) is 14.0. The molecule has 1 amide bonds. The molecule has 1 fully saturated rings. The van der Waals surface area contributed by atoms with Gasteiger partial charge in [-0.2, -0.15) is 0 Å². The molecule has 24 heavy (non-hydrogen) atoms. The van der Waals surface area contributed by atoms with Crippen LogP contribution in [0.1, 0.15) is 50.7 Å². The van der Waals surface area contributed by atoms with Gasteiger partial charge in [0.15, 0.2) is 0 Å². The van der Waals surface area contributed by atoms with Gasteiger partial charge in [-0.3, -0.25) is 4.79 Å². The molecule has 0 unspecified atom stereocenters. The Balaban J connectivity index is 1.76. The van der Waals surface area contributed by atoms with E-state index in [9.17, 15) is 9.90 Å². The Morgan fingerprint density at radius 1 is 1.21 bits per heavy atom. The molecule has 4 nitrogen and oxygen atoms in total. The van der Waals surface area contributed by atoms with E-state index in [1.807, 2.05) is 12.1 Å². The highest BCUT2D eigenvalue weighted by Crippen LogP contribution is 2.32. The molecule has 1 aliphatic heterocycles. The lowest BCUT2D eigenvalue weighted by Crippen LogP contribution is -2.45. The summed E-state index contributed by atoms with van der Waals surface area (Å²) in [5.74, 6) is 0.311. The van der Waals surface area contributed by atoms with Crippen LogP contribution in [-0.4, -0.2) is 42.1 Å². The molecule has 1 heterocycles. The van der Waals surface area contributed by atoms with Gasteiger partial charge in [-0.15, -0.1) is 0 Å². The molecule has 1 aromatic carbocycles. The highest BCUT2D eigenvalue weighted by molar-refractivity contribution is 5.78. The molecular formula is C20H32N2O2. The second-order valence-corrected chi connectivity index (χ2v) is 7.04. The lowest BCUT2D eigenvalue weighted by Gasteiger charge is -2.38. The molecule has 0 saturated carbocycles. The highest BCUT2D eigenvalue weighted by Gasteiger charge is 2.33. The first-order valence-corrected chi connectivity index (χ1v) is 9.28. The number of carbonyl (C=O) groups is 1. The van der Waals surface area contributed by atoms with Gasteiger partial charge in [0, 0.05) is 32.1 Å². The van der Waals surface area contributed by atoms with Crippen LogP contribution in [0.25, 0.3) is 0 Å². The summed E-state index contributed by atoms with van der Waals surface area (Å²) >= 11 is 0. The lowest BCUT2D eigenvalue weighted by atomic mass is 9.84. The van der Waals surface area contributed by atoms with E-state index in [0.717, 1.165) is 50.9 Å². The number of rotatable bonds is 7. The maximum atomic E-state index is 12.0. The fraction of sp³-hybridized carbons (Fsp3) is 0.650. The number of piperidine rings is 1. The number of nitrogens with one attached hydrogen (secondary N) is 1. The highest BCUT2D eigenvalue weighted by atomic mass is 16.3. The third kappa shape index (κ3) is 4.81. The quantitative estimate of drug-likeness (QED) is 0.807. The van der Waals surface area contributed by atoms with E-state index >= 15 is 0 Å². The molecule has 1 aromatic rings. The van der Waals surface area contributed by atoms with Crippen molar-refractivity contribution in [1.29, 1.82) is 0 Å². The van der Waals surface area contributed by atoms with Crippen molar-refractivity contribution in [1.82, 2.24) is 10.2 Å². The summed E-state index contributed by atoms with van der Waals surface area (Å²) in [6.07, 6.45) is 3.29. The molecule has 134 valence electrons. The van der Waals surface area contributed by atoms with Gasteiger partial charge >= 0.3 is 0 Å². The van der Waals surface area contributed by atoms with Gasteiger partial charge in [0.1, 0.15) is 0 Å². The van der Waals surface area contributed by atoms with Crippen LogP contribution in [0.15, 0.2) is 24.3 Å². The molecule has 4 heteroatoms. The zero-order valence-corrected chi connectivity index (χ0v) is 15.3. The monoisotopic (exact) mass is 332 g/mol. The van der Waals surface area contributed by atoms with Gasteiger partial charge in [0.2, 0.25) is 5.91 Å². The predicted molar refractivity (Wildman–Crippen MR) is 97.8 cm³/mol. The maximum Gasteiger partial charge on any atom is 0.223 e. The van der Waals surface area contributed by atoms with Gasteiger partial charge in [0.05, 0.1) is 5.60 Å². The van der Waals surface area contributed by atoms with Crippen LogP contribution in [0, 0.1) is 12.8 Å². The smallest absolute Gasteiger partial charge is 0.223 e. The first kappa shape index (κ1) is 18.9. The summed E-state index contributed by atoms with van der Waals surface area (Å²) < 4.78 is 0. The minimum atomic E-state index is -0.705. The third-order valence-corrected chi connectivity index (χ3v) is 5.36. The van der Waals surface area contributed by atoms with Gasteiger partial charge in [0.25, 0.3) is 0 Å². The number of hydrogen-bond donors (Lipinski definition) is 2. The van der Waals surface area contributed by atoms with Crippen LogP contribution in [0.4, 0.5) is 0 Å². The number of likely N-dealkylation sites (tertiary alicyclic amines) is 1. The summed E-state index contributed by atoms with van der Waals surface area (Å²) in [6.45, 7) is 9.46. The molecule has 0 radical (unpaired) electrons. The average molecular weight is 332 g/mol. The molecule has 0 bridgehead atoms. The van der Waals surface area contributed by atoms with Crippen LogP contribution in [0.3, 0.4) is 0 Å². The second-order valence-electron chi connectivity index (χ2n) is 7.04. The van der Waals surface area contributed by atoms with Crippen molar-refractivity contribution >= 4 is 5.91 Å². The Morgan fingerprint density at radius 2 is 1.79 bits per heavy atom. The molecule has 0 atom stereocenters. The van der Waals surface area contributed by atoms with Crippen molar-refractivity contribution in [2.75, 3.05) is 26.2 Å². The Bertz CT molecular complexity index is 515. The Hall–Kier alpha value is -1.39. The van der Waals surface area contributed by atoms with E-state index in [-0.39, 0.29) is 11.8 Å². The summed E-state index contributed by atoms with van der Waals surface area (Å²) in [4.78, 5) is 14.3. The van der Waals surface area contributed by atoms with Crippen LogP contribution in [0.5, 0.6) is 0 Å². The molecular weight excluding hydrogens is 300 g/mol.